The van der Waals surface area contributed by atoms with Crippen molar-refractivity contribution < 1.29 is 0 Å². The maximum Gasteiger partial charge on any atom is 0.249 e. The molecule has 0 bridgehead atoms. The van der Waals surface area contributed by atoms with Crippen LogP contribution in [0.15, 0.2) is 29.1 Å². The molecular formula is C14H14N4O. The first kappa shape index (κ1) is 11.6. The molecule has 1 N–H and O–H groups in total. The maximum atomic E-state index is 11.4. The predicted octanol–water partition coefficient (Wildman–Crippen LogP) is 2.03. The Morgan fingerprint density at radius 1 is 1.00 bits per heavy atom. The molecule has 0 aliphatic carbocycles. The highest BCUT2D eigenvalue weighted by atomic mass is 16.1. The summed E-state index contributed by atoms with van der Waals surface area (Å²) in [6.07, 6.45) is 0. The van der Waals surface area contributed by atoms with E-state index in [-0.39, 0.29) is 5.56 Å². The van der Waals surface area contributed by atoms with Gasteiger partial charge in [0.25, 0.3) is 0 Å². The molecule has 0 spiro atoms. The third-order valence-corrected chi connectivity index (χ3v) is 3.24. The lowest BCUT2D eigenvalue weighted by molar-refractivity contribution is 0.870. The molecule has 0 saturated heterocycles. The number of hydrogen-bond donors (Lipinski definition) is 1. The number of nitrogens with one attached hydrogen (secondary N) is 1. The topological polar surface area (TPSA) is 63.6 Å². The van der Waals surface area contributed by atoms with E-state index in [1.165, 1.54) is 6.07 Å². The number of aryl methyl sites for hydroxylation is 3. The van der Waals surface area contributed by atoms with Gasteiger partial charge >= 0.3 is 0 Å². The first-order chi connectivity index (χ1) is 9.06. The Morgan fingerprint density at radius 2 is 1.68 bits per heavy atom. The van der Waals surface area contributed by atoms with Crippen molar-refractivity contribution in [1.29, 1.82) is 0 Å². The van der Waals surface area contributed by atoms with Gasteiger partial charge in [-0.1, -0.05) is 0 Å². The van der Waals surface area contributed by atoms with Crippen LogP contribution in [-0.2, 0) is 0 Å². The molecule has 3 aromatic heterocycles. The van der Waals surface area contributed by atoms with Gasteiger partial charge in [0.15, 0.2) is 0 Å². The molecule has 0 aliphatic rings. The van der Waals surface area contributed by atoms with Gasteiger partial charge in [-0.25, -0.2) is 4.98 Å². The quantitative estimate of drug-likeness (QED) is 0.722. The minimum Gasteiger partial charge on any atom is -0.306 e. The largest absolute Gasteiger partial charge is 0.306 e. The zero-order valence-corrected chi connectivity index (χ0v) is 11.1. The van der Waals surface area contributed by atoms with E-state index in [1.54, 1.807) is 6.07 Å². The highest BCUT2D eigenvalue weighted by Crippen LogP contribution is 2.17. The Balaban J connectivity index is 2.35. The highest BCUT2D eigenvalue weighted by molar-refractivity contribution is 5.77. The lowest BCUT2D eigenvalue weighted by Gasteiger charge is -2.09. The number of aromatic amines is 1. The predicted molar refractivity (Wildman–Crippen MR) is 73.7 cm³/mol. The summed E-state index contributed by atoms with van der Waals surface area (Å²) in [4.78, 5) is 23.1. The van der Waals surface area contributed by atoms with Gasteiger partial charge in [-0.05, 0) is 39.0 Å². The van der Waals surface area contributed by atoms with Crippen molar-refractivity contribution in [2.24, 2.45) is 0 Å². The molecule has 5 nitrogen and oxygen atoms in total. The average molecular weight is 254 g/mol. The Hall–Kier alpha value is -2.43. The zero-order valence-electron chi connectivity index (χ0n) is 11.1. The lowest BCUT2D eigenvalue weighted by Crippen LogP contribution is -2.10. The van der Waals surface area contributed by atoms with Crippen molar-refractivity contribution in [3.63, 3.8) is 0 Å². The number of aromatic nitrogens is 4. The molecule has 5 heteroatoms. The molecule has 0 radical (unpaired) electrons. The minimum atomic E-state index is -0.155. The van der Waals surface area contributed by atoms with Gasteiger partial charge < -0.3 is 4.98 Å². The van der Waals surface area contributed by atoms with Crippen molar-refractivity contribution in [2.75, 3.05) is 0 Å². The number of fused-ring (bicyclic) bond motifs is 1. The highest BCUT2D eigenvalue weighted by Gasteiger charge is 2.10. The van der Waals surface area contributed by atoms with Crippen molar-refractivity contribution >= 4 is 11.0 Å². The summed E-state index contributed by atoms with van der Waals surface area (Å²) in [7, 11) is 0. The molecule has 0 aliphatic heterocycles. The van der Waals surface area contributed by atoms with Crippen LogP contribution in [0.2, 0.25) is 0 Å². The third-order valence-electron chi connectivity index (χ3n) is 3.24. The fraction of sp³-hybridized carbons (Fsp3) is 0.214. The molecule has 19 heavy (non-hydrogen) atoms. The summed E-state index contributed by atoms with van der Waals surface area (Å²) in [5.41, 5.74) is 3.40. The van der Waals surface area contributed by atoms with Gasteiger partial charge in [0.05, 0.1) is 5.69 Å². The Kier molecular flexibility index (Phi) is 2.48. The Bertz CT molecular complexity index is 810. The second kappa shape index (κ2) is 4.05. The van der Waals surface area contributed by atoms with E-state index in [9.17, 15) is 4.79 Å². The monoisotopic (exact) mass is 254 g/mol. The Labute approximate surface area is 110 Å². The first-order valence-electron chi connectivity index (χ1n) is 6.09. The molecule has 0 saturated carbocycles. The molecule has 0 fully saturated rings. The van der Waals surface area contributed by atoms with Crippen LogP contribution in [0.25, 0.3) is 17.0 Å². The fourth-order valence-electron chi connectivity index (χ4n) is 2.26. The van der Waals surface area contributed by atoms with Crippen molar-refractivity contribution in [1.82, 2.24) is 19.5 Å². The van der Waals surface area contributed by atoms with E-state index in [0.717, 1.165) is 22.5 Å². The van der Waals surface area contributed by atoms with Crippen LogP contribution in [-0.4, -0.2) is 19.5 Å². The van der Waals surface area contributed by atoms with E-state index in [0.29, 0.717) is 11.6 Å². The average Bonchev–Trinajstić information content (AvgIpc) is 2.68. The molecule has 96 valence electrons. The Morgan fingerprint density at radius 3 is 2.37 bits per heavy atom. The molecule has 0 unspecified atom stereocenters. The van der Waals surface area contributed by atoms with Crippen molar-refractivity contribution in [3.8, 4) is 5.95 Å². The first-order valence-corrected chi connectivity index (χ1v) is 6.09. The van der Waals surface area contributed by atoms with E-state index in [2.05, 4.69) is 15.0 Å². The summed E-state index contributed by atoms with van der Waals surface area (Å²) in [5, 5.41) is 0.866. The SMILES string of the molecule is Cc1nc(-n2c(C)ccc2C)nc2[nH]c(=O)ccc12. The summed E-state index contributed by atoms with van der Waals surface area (Å²) in [6.45, 7) is 5.92. The molecule has 3 rings (SSSR count). The summed E-state index contributed by atoms with van der Waals surface area (Å²) >= 11 is 0. The van der Waals surface area contributed by atoms with Gasteiger partial charge in [0.1, 0.15) is 5.65 Å². The van der Waals surface area contributed by atoms with Crippen molar-refractivity contribution in [3.05, 3.63) is 51.7 Å². The van der Waals surface area contributed by atoms with Gasteiger partial charge in [0.2, 0.25) is 11.5 Å². The smallest absolute Gasteiger partial charge is 0.249 e. The summed E-state index contributed by atoms with van der Waals surface area (Å²) in [6, 6.07) is 7.28. The van der Waals surface area contributed by atoms with Crippen molar-refractivity contribution in [2.45, 2.75) is 20.8 Å². The van der Waals surface area contributed by atoms with Crippen LogP contribution in [0, 0.1) is 20.8 Å². The van der Waals surface area contributed by atoms with Gasteiger partial charge in [-0.3, -0.25) is 9.36 Å². The van der Waals surface area contributed by atoms with E-state index < -0.39 is 0 Å². The minimum absolute atomic E-state index is 0.155. The molecule has 3 aromatic rings. The number of hydrogen-bond acceptors (Lipinski definition) is 3. The van der Waals surface area contributed by atoms with Crippen LogP contribution >= 0.6 is 0 Å². The number of H-pyrrole nitrogens is 1. The number of pyridine rings is 1. The zero-order chi connectivity index (χ0) is 13.6. The standard InChI is InChI=1S/C14H14N4O/c1-8-4-5-9(2)18(8)14-15-10(3)11-6-7-12(19)16-13(11)17-14/h4-7H,1-3H3,(H,15,16,17,19). The molecule has 3 heterocycles. The fourth-order valence-corrected chi connectivity index (χ4v) is 2.26. The molecular weight excluding hydrogens is 240 g/mol. The van der Waals surface area contributed by atoms with Crippen LogP contribution in [0.4, 0.5) is 0 Å². The van der Waals surface area contributed by atoms with E-state index >= 15 is 0 Å². The maximum absolute atomic E-state index is 11.4. The summed E-state index contributed by atoms with van der Waals surface area (Å²) < 4.78 is 1.97. The van der Waals surface area contributed by atoms with Gasteiger partial charge in [0, 0.05) is 22.8 Å². The summed E-state index contributed by atoms with van der Waals surface area (Å²) in [5.74, 6) is 0.590. The van der Waals surface area contributed by atoms with Gasteiger partial charge in [-0.15, -0.1) is 0 Å². The normalized spacial score (nSPS) is 11.1. The number of rotatable bonds is 1. The third kappa shape index (κ3) is 1.83. The number of nitrogens with zero attached hydrogens (tertiary/aromatic N) is 3. The second-order valence-electron chi connectivity index (χ2n) is 4.65. The lowest BCUT2D eigenvalue weighted by atomic mass is 10.2. The molecule has 0 atom stereocenters. The van der Waals surface area contributed by atoms with E-state index in [4.69, 9.17) is 0 Å². The van der Waals surface area contributed by atoms with Crippen LogP contribution < -0.4 is 5.56 Å². The second-order valence-corrected chi connectivity index (χ2v) is 4.65. The van der Waals surface area contributed by atoms with Gasteiger partial charge in [-0.2, -0.15) is 4.98 Å². The van der Waals surface area contributed by atoms with E-state index in [1.807, 2.05) is 37.5 Å². The molecule has 0 amide bonds. The van der Waals surface area contributed by atoms with Crippen LogP contribution in [0.1, 0.15) is 17.1 Å². The van der Waals surface area contributed by atoms with Crippen LogP contribution in [0.3, 0.4) is 0 Å². The molecule has 0 aromatic carbocycles. The van der Waals surface area contributed by atoms with Crippen LogP contribution in [0.5, 0.6) is 0 Å².